The molecule has 0 atom stereocenters. The summed E-state index contributed by atoms with van der Waals surface area (Å²) in [6.07, 6.45) is 0. The summed E-state index contributed by atoms with van der Waals surface area (Å²) in [5, 5.41) is 0. The summed E-state index contributed by atoms with van der Waals surface area (Å²) in [6, 6.07) is 9.08. The molecule has 0 N–H and O–H groups in total. The molecule has 0 fully saturated rings. The second kappa shape index (κ2) is 6.99. The molecule has 0 aliphatic heterocycles. The van der Waals surface area contributed by atoms with Gasteiger partial charge in [0.15, 0.2) is 5.78 Å². The number of aryl methyl sites for hydroxylation is 2. The van der Waals surface area contributed by atoms with E-state index in [4.69, 9.17) is 0 Å². The van der Waals surface area contributed by atoms with Gasteiger partial charge in [-0.05, 0) is 80.8 Å². The predicted octanol–water partition coefficient (Wildman–Crippen LogP) is 6.84. The number of rotatable bonds is 4. The number of fused-ring (bicyclic) bond motifs is 1. The predicted molar refractivity (Wildman–Crippen MR) is 115 cm³/mol. The molecule has 0 unspecified atom stereocenters. The van der Waals surface area contributed by atoms with Crippen molar-refractivity contribution in [2.45, 2.75) is 67.9 Å². The van der Waals surface area contributed by atoms with Crippen LogP contribution in [-0.4, -0.2) is 10.4 Å². The lowest BCUT2D eigenvalue weighted by atomic mass is 9.94. The smallest absolute Gasteiger partial charge is 0.162 e. The molecule has 1 heterocycles. The largest absolute Gasteiger partial charge is 0.348 e. The lowest BCUT2D eigenvalue weighted by Gasteiger charge is -2.09. The third-order valence-electron chi connectivity index (χ3n) is 5.94. The molecule has 3 rings (SSSR count). The summed E-state index contributed by atoms with van der Waals surface area (Å²) in [5.74, 6) is 0.626. The van der Waals surface area contributed by atoms with Gasteiger partial charge >= 0.3 is 0 Å². The molecule has 0 saturated heterocycles. The van der Waals surface area contributed by atoms with E-state index in [0.29, 0.717) is 5.92 Å². The number of carbonyl (C=O) groups excluding carboxylic acids is 1. The van der Waals surface area contributed by atoms with Crippen molar-refractivity contribution in [2.75, 3.05) is 0 Å². The number of ketones is 1. The molecular weight excluding hydrogens is 330 g/mol. The van der Waals surface area contributed by atoms with Gasteiger partial charge in [0.25, 0.3) is 0 Å². The molecule has 2 heteroatoms. The van der Waals surface area contributed by atoms with Crippen LogP contribution >= 0.6 is 0 Å². The van der Waals surface area contributed by atoms with Crippen molar-refractivity contribution in [1.29, 1.82) is 0 Å². The van der Waals surface area contributed by atoms with Gasteiger partial charge < -0.3 is 4.57 Å². The fourth-order valence-corrected chi connectivity index (χ4v) is 4.51. The molecular formula is C25H31NO. The molecule has 0 saturated carbocycles. The van der Waals surface area contributed by atoms with Gasteiger partial charge in [-0.1, -0.05) is 38.1 Å². The highest BCUT2D eigenvalue weighted by atomic mass is 16.1. The summed E-state index contributed by atoms with van der Waals surface area (Å²) in [5.41, 5.74) is 11.9. The minimum Gasteiger partial charge on any atom is -0.348 e. The van der Waals surface area contributed by atoms with E-state index < -0.39 is 0 Å². The van der Waals surface area contributed by atoms with Crippen LogP contribution in [-0.2, 0) is 6.54 Å². The average Bonchev–Trinajstić information content (AvgIpc) is 2.95. The molecule has 2 nitrogen and oxygen atoms in total. The number of Topliss-reactive ketones (excluding diaryl/α,β-unsaturated/α-hetero) is 1. The van der Waals surface area contributed by atoms with Crippen molar-refractivity contribution in [1.82, 2.24) is 4.57 Å². The molecule has 0 amide bonds. The van der Waals surface area contributed by atoms with Crippen molar-refractivity contribution in [3.8, 4) is 22.3 Å². The van der Waals surface area contributed by atoms with Crippen molar-refractivity contribution in [3.63, 3.8) is 0 Å². The van der Waals surface area contributed by atoms with Crippen molar-refractivity contribution in [3.05, 3.63) is 57.9 Å². The Morgan fingerprint density at radius 2 is 1.59 bits per heavy atom. The molecule has 0 aromatic carbocycles. The topological polar surface area (TPSA) is 22.0 Å². The van der Waals surface area contributed by atoms with Gasteiger partial charge in [-0.3, -0.25) is 4.79 Å². The van der Waals surface area contributed by atoms with Crippen molar-refractivity contribution in [2.24, 2.45) is 0 Å². The number of hydrogen-bond acceptors (Lipinski definition) is 1. The van der Waals surface area contributed by atoms with Crippen LogP contribution in [0.3, 0.4) is 0 Å². The first-order chi connectivity index (χ1) is 12.7. The fraction of sp³-hybridized carbons (Fsp3) is 0.400. The standard InChI is InChI=1S/C25H31NO/c1-9-26-17(6)24(19(8)27)25(18(26)7)22-12-16(5)21-13-20(14(2)3)11-10-15(4)23(21)22/h10-14H,9H2,1-8H3. The van der Waals surface area contributed by atoms with Gasteiger partial charge in [0.05, 0.1) is 0 Å². The monoisotopic (exact) mass is 361 g/mol. The fourth-order valence-electron chi connectivity index (χ4n) is 4.51. The van der Waals surface area contributed by atoms with E-state index in [1.165, 1.54) is 39.1 Å². The summed E-state index contributed by atoms with van der Waals surface area (Å²) in [4.78, 5) is 12.6. The average molecular weight is 362 g/mol. The number of aromatic nitrogens is 1. The van der Waals surface area contributed by atoms with Crippen LogP contribution < -0.4 is 0 Å². The van der Waals surface area contributed by atoms with E-state index >= 15 is 0 Å². The molecule has 0 radical (unpaired) electrons. The van der Waals surface area contributed by atoms with Gasteiger partial charge in [-0.2, -0.15) is 0 Å². The maximum absolute atomic E-state index is 12.6. The van der Waals surface area contributed by atoms with Gasteiger partial charge in [0.2, 0.25) is 0 Å². The molecule has 0 bridgehead atoms. The molecule has 2 aliphatic carbocycles. The normalized spacial score (nSPS) is 11.6. The van der Waals surface area contributed by atoms with Gasteiger partial charge in [-0.15, -0.1) is 0 Å². The summed E-state index contributed by atoms with van der Waals surface area (Å²) < 4.78 is 2.26. The quantitative estimate of drug-likeness (QED) is 0.466. The third kappa shape index (κ3) is 3.01. The zero-order valence-electron chi connectivity index (χ0n) is 17.9. The van der Waals surface area contributed by atoms with E-state index in [-0.39, 0.29) is 5.78 Å². The van der Waals surface area contributed by atoms with E-state index in [1.807, 2.05) is 0 Å². The van der Waals surface area contributed by atoms with Gasteiger partial charge in [-0.25, -0.2) is 0 Å². The van der Waals surface area contributed by atoms with E-state index in [1.54, 1.807) is 6.92 Å². The minimum absolute atomic E-state index is 0.144. The van der Waals surface area contributed by atoms with Gasteiger partial charge in [0.1, 0.15) is 0 Å². The van der Waals surface area contributed by atoms with E-state index in [2.05, 4.69) is 77.3 Å². The molecule has 2 aliphatic rings. The number of carbonyl (C=O) groups is 1. The highest BCUT2D eigenvalue weighted by molar-refractivity contribution is 6.06. The van der Waals surface area contributed by atoms with E-state index in [0.717, 1.165) is 23.4 Å². The molecule has 27 heavy (non-hydrogen) atoms. The van der Waals surface area contributed by atoms with Crippen molar-refractivity contribution < 1.29 is 4.79 Å². The molecule has 1 aromatic heterocycles. The van der Waals surface area contributed by atoms with Gasteiger partial charge in [0, 0.05) is 29.1 Å². The van der Waals surface area contributed by atoms with E-state index in [9.17, 15) is 4.79 Å². The lowest BCUT2D eigenvalue weighted by Crippen LogP contribution is -2.01. The highest BCUT2D eigenvalue weighted by Crippen LogP contribution is 2.45. The van der Waals surface area contributed by atoms with Crippen LogP contribution in [0.2, 0.25) is 0 Å². The minimum atomic E-state index is 0.144. The zero-order valence-corrected chi connectivity index (χ0v) is 17.9. The second-order valence-corrected chi connectivity index (χ2v) is 8.07. The highest BCUT2D eigenvalue weighted by Gasteiger charge is 2.26. The first-order valence-electron chi connectivity index (χ1n) is 9.93. The Bertz CT molecular complexity index is 1000. The maximum atomic E-state index is 12.6. The van der Waals surface area contributed by atoms with Crippen LogP contribution in [0.1, 0.15) is 72.0 Å². The van der Waals surface area contributed by atoms with Crippen LogP contribution in [0.25, 0.3) is 22.3 Å². The SMILES string of the molecule is CCn1c(C)c(C(C)=O)c(-c2cc(C)c3cc(C(C)C)ccc(C)c2-3)c1C. The Hall–Kier alpha value is -2.35. The Morgan fingerprint density at radius 1 is 0.926 bits per heavy atom. The summed E-state index contributed by atoms with van der Waals surface area (Å²) >= 11 is 0. The van der Waals surface area contributed by atoms with Crippen LogP contribution in [0.15, 0.2) is 24.3 Å². The third-order valence-corrected chi connectivity index (χ3v) is 5.94. The first kappa shape index (κ1) is 19.4. The van der Waals surface area contributed by atoms with Crippen LogP contribution in [0.5, 0.6) is 0 Å². The summed E-state index contributed by atoms with van der Waals surface area (Å²) in [7, 11) is 0. The maximum Gasteiger partial charge on any atom is 0.162 e. The molecule has 0 spiro atoms. The molecule has 1 aromatic rings. The number of hydrogen-bond donors (Lipinski definition) is 0. The van der Waals surface area contributed by atoms with Crippen molar-refractivity contribution >= 4 is 5.78 Å². The van der Waals surface area contributed by atoms with Crippen LogP contribution in [0.4, 0.5) is 0 Å². The zero-order chi connectivity index (χ0) is 20.0. The second-order valence-electron chi connectivity index (χ2n) is 8.07. The Labute approximate surface area is 163 Å². The Balaban J connectivity index is 2.41. The Kier molecular flexibility index (Phi) is 5.03. The Morgan fingerprint density at radius 3 is 2.15 bits per heavy atom. The molecule has 142 valence electrons. The number of nitrogens with zero attached hydrogens (tertiary/aromatic N) is 1. The summed E-state index contributed by atoms with van der Waals surface area (Å²) in [6.45, 7) is 17.7. The first-order valence-corrected chi connectivity index (χ1v) is 9.93. The lowest BCUT2D eigenvalue weighted by molar-refractivity contribution is 0.101. The van der Waals surface area contributed by atoms with Crippen LogP contribution in [0, 0.1) is 27.7 Å².